The van der Waals surface area contributed by atoms with Crippen molar-refractivity contribution in [2.75, 3.05) is 7.11 Å². The molecule has 0 radical (unpaired) electrons. The van der Waals surface area contributed by atoms with E-state index < -0.39 is 5.97 Å². The first-order valence-corrected chi connectivity index (χ1v) is 6.26. The van der Waals surface area contributed by atoms with Gasteiger partial charge in [0.25, 0.3) is 0 Å². The van der Waals surface area contributed by atoms with Gasteiger partial charge in [-0.2, -0.15) is 0 Å². The number of rotatable bonds is 1. The largest absolute Gasteiger partial charge is 0.465 e. The van der Waals surface area contributed by atoms with Gasteiger partial charge in [0, 0.05) is 10.8 Å². The van der Waals surface area contributed by atoms with Crippen LogP contribution in [0.25, 0.3) is 21.8 Å². The zero-order chi connectivity index (χ0) is 14.3. The molecule has 2 aromatic carbocycles. The second-order valence-corrected chi connectivity index (χ2v) is 4.67. The van der Waals surface area contributed by atoms with Gasteiger partial charge in [-0.25, -0.2) is 4.79 Å². The van der Waals surface area contributed by atoms with Gasteiger partial charge in [-0.3, -0.25) is 4.79 Å². The van der Waals surface area contributed by atoms with Gasteiger partial charge in [-0.1, -0.05) is 18.2 Å². The number of nitrogens with one attached hydrogen (secondary N) is 1. The number of aryl methyl sites for hydroxylation is 1. The van der Waals surface area contributed by atoms with Crippen molar-refractivity contribution in [3.63, 3.8) is 0 Å². The van der Waals surface area contributed by atoms with E-state index in [-0.39, 0.29) is 5.43 Å². The van der Waals surface area contributed by atoms with E-state index in [1.165, 1.54) is 7.11 Å². The van der Waals surface area contributed by atoms with Gasteiger partial charge in [0.15, 0.2) is 5.43 Å². The van der Waals surface area contributed by atoms with Crippen molar-refractivity contribution < 1.29 is 9.53 Å². The lowest BCUT2D eigenvalue weighted by Crippen LogP contribution is -2.10. The van der Waals surface area contributed by atoms with Crippen molar-refractivity contribution in [2.24, 2.45) is 0 Å². The lowest BCUT2D eigenvalue weighted by atomic mass is 10.0. The van der Waals surface area contributed by atoms with Crippen LogP contribution >= 0.6 is 0 Å². The molecule has 4 nitrogen and oxygen atoms in total. The minimum absolute atomic E-state index is 0.0717. The van der Waals surface area contributed by atoms with Crippen LogP contribution in [0.15, 0.2) is 41.2 Å². The minimum atomic E-state index is -0.460. The number of carbonyl (C=O) groups is 1. The summed E-state index contributed by atoms with van der Waals surface area (Å²) in [6.45, 7) is 1.90. The predicted octanol–water partition coefficient (Wildman–Crippen LogP) is 2.78. The molecule has 0 unspecified atom stereocenters. The topological polar surface area (TPSA) is 59.2 Å². The summed E-state index contributed by atoms with van der Waals surface area (Å²) in [6, 6.07) is 10.6. The number of fused-ring (bicyclic) bond motifs is 2. The second kappa shape index (κ2) is 4.49. The van der Waals surface area contributed by atoms with Gasteiger partial charge in [-0.05, 0) is 30.7 Å². The van der Waals surface area contributed by atoms with E-state index in [1.54, 1.807) is 18.2 Å². The summed E-state index contributed by atoms with van der Waals surface area (Å²) >= 11 is 0. The van der Waals surface area contributed by atoms with Gasteiger partial charge >= 0.3 is 5.97 Å². The molecule has 0 saturated heterocycles. The quantitative estimate of drug-likeness (QED) is 0.545. The average Bonchev–Trinajstić information content (AvgIpc) is 2.46. The number of pyridine rings is 1. The molecule has 1 N–H and O–H groups in total. The Labute approximate surface area is 115 Å². The number of aromatic nitrogens is 1. The molecule has 4 heteroatoms. The fourth-order valence-corrected chi connectivity index (χ4v) is 2.50. The van der Waals surface area contributed by atoms with Crippen molar-refractivity contribution >= 4 is 27.8 Å². The van der Waals surface area contributed by atoms with Crippen LogP contribution in [-0.2, 0) is 4.74 Å². The maximum absolute atomic E-state index is 12.6. The number of methoxy groups -OCH3 is 1. The molecule has 0 amide bonds. The van der Waals surface area contributed by atoms with Crippen molar-refractivity contribution in [3.05, 3.63) is 57.7 Å². The van der Waals surface area contributed by atoms with E-state index >= 15 is 0 Å². The Kier molecular flexibility index (Phi) is 2.79. The zero-order valence-corrected chi connectivity index (χ0v) is 11.2. The molecule has 3 aromatic rings. The van der Waals surface area contributed by atoms with Crippen LogP contribution in [0.1, 0.15) is 15.9 Å². The minimum Gasteiger partial charge on any atom is -0.465 e. The molecule has 0 spiro atoms. The first-order chi connectivity index (χ1) is 9.63. The lowest BCUT2D eigenvalue weighted by Gasteiger charge is -2.08. The lowest BCUT2D eigenvalue weighted by molar-refractivity contribution is 0.0603. The molecule has 0 aliphatic carbocycles. The number of carbonyl (C=O) groups excluding carboxylic acids is 1. The molecule has 1 aromatic heterocycles. The number of hydrogen-bond donors (Lipinski definition) is 1. The van der Waals surface area contributed by atoms with E-state index in [0.29, 0.717) is 21.9 Å². The van der Waals surface area contributed by atoms with Gasteiger partial charge in [0.2, 0.25) is 0 Å². The van der Waals surface area contributed by atoms with Crippen molar-refractivity contribution in [3.8, 4) is 0 Å². The monoisotopic (exact) mass is 267 g/mol. The van der Waals surface area contributed by atoms with Crippen molar-refractivity contribution in [2.45, 2.75) is 6.92 Å². The fraction of sp³-hybridized carbons (Fsp3) is 0.125. The molecular formula is C16H13NO3. The van der Waals surface area contributed by atoms with Crippen LogP contribution < -0.4 is 5.43 Å². The molecule has 100 valence electrons. The molecule has 0 aliphatic rings. The molecule has 0 bridgehead atoms. The Bertz CT molecular complexity index is 893. The van der Waals surface area contributed by atoms with E-state index in [9.17, 15) is 9.59 Å². The molecule has 0 aliphatic heterocycles. The summed E-state index contributed by atoms with van der Waals surface area (Å²) in [5.74, 6) is -0.460. The van der Waals surface area contributed by atoms with Gasteiger partial charge < -0.3 is 9.72 Å². The highest BCUT2D eigenvalue weighted by Gasteiger charge is 2.14. The normalized spacial score (nSPS) is 10.9. The SMILES string of the molecule is COC(=O)c1cccc2c(=O)c3c(C)cccc3[nH]c12. The number of esters is 1. The van der Waals surface area contributed by atoms with Gasteiger partial charge in [0.1, 0.15) is 0 Å². The van der Waals surface area contributed by atoms with Crippen molar-refractivity contribution in [1.29, 1.82) is 0 Å². The Morgan fingerprint density at radius 2 is 1.90 bits per heavy atom. The van der Waals surface area contributed by atoms with Crippen LogP contribution in [0.2, 0.25) is 0 Å². The standard InChI is InChI=1S/C16H13NO3/c1-9-5-3-8-12-13(9)15(18)10-6-4-7-11(14(10)17-12)16(19)20-2/h3-8H,1-2H3,(H,17,18). The highest BCUT2D eigenvalue weighted by Crippen LogP contribution is 2.20. The molecule has 1 heterocycles. The van der Waals surface area contributed by atoms with E-state index in [4.69, 9.17) is 4.74 Å². The molecule has 0 fully saturated rings. The van der Waals surface area contributed by atoms with E-state index in [2.05, 4.69) is 4.98 Å². The van der Waals surface area contributed by atoms with E-state index in [0.717, 1.165) is 11.1 Å². The third-order valence-corrected chi connectivity index (χ3v) is 3.47. The van der Waals surface area contributed by atoms with Crippen molar-refractivity contribution in [1.82, 2.24) is 4.98 Å². The average molecular weight is 267 g/mol. The highest BCUT2D eigenvalue weighted by molar-refractivity contribution is 6.05. The summed E-state index contributed by atoms with van der Waals surface area (Å²) in [5, 5.41) is 1.15. The van der Waals surface area contributed by atoms with E-state index in [1.807, 2.05) is 25.1 Å². The third-order valence-electron chi connectivity index (χ3n) is 3.47. The zero-order valence-electron chi connectivity index (χ0n) is 11.2. The first-order valence-electron chi connectivity index (χ1n) is 6.26. The van der Waals surface area contributed by atoms with Crippen LogP contribution in [0.5, 0.6) is 0 Å². The number of para-hydroxylation sites is 1. The Hall–Kier alpha value is -2.62. The third kappa shape index (κ3) is 1.69. The summed E-state index contributed by atoms with van der Waals surface area (Å²) in [5.41, 5.74) is 2.44. The molecule has 3 rings (SSSR count). The van der Waals surface area contributed by atoms with Crippen LogP contribution in [0, 0.1) is 6.92 Å². The molecular weight excluding hydrogens is 254 g/mol. The Morgan fingerprint density at radius 1 is 1.15 bits per heavy atom. The number of ether oxygens (including phenoxy) is 1. The van der Waals surface area contributed by atoms with Gasteiger partial charge in [-0.15, -0.1) is 0 Å². The number of benzene rings is 2. The molecule has 20 heavy (non-hydrogen) atoms. The predicted molar refractivity (Wildman–Crippen MR) is 78.2 cm³/mol. The maximum atomic E-state index is 12.6. The van der Waals surface area contributed by atoms with Crippen LogP contribution in [0.3, 0.4) is 0 Å². The number of hydrogen-bond acceptors (Lipinski definition) is 3. The Morgan fingerprint density at radius 3 is 2.65 bits per heavy atom. The fourth-order valence-electron chi connectivity index (χ4n) is 2.50. The van der Waals surface area contributed by atoms with Gasteiger partial charge in [0.05, 0.1) is 23.7 Å². The molecule has 0 saturated carbocycles. The summed E-state index contributed by atoms with van der Waals surface area (Å²) in [7, 11) is 1.32. The smallest absolute Gasteiger partial charge is 0.339 e. The summed E-state index contributed by atoms with van der Waals surface area (Å²) < 4.78 is 4.76. The highest BCUT2D eigenvalue weighted by atomic mass is 16.5. The Balaban J connectivity index is 2.54. The van der Waals surface area contributed by atoms with Crippen LogP contribution in [0.4, 0.5) is 0 Å². The summed E-state index contributed by atoms with van der Waals surface area (Å²) in [4.78, 5) is 27.6. The number of H-pyrrole nitrogens is 1. The maximum Gasteiger partial charge on any atom is 0.339 e. The second-order valence-electron chi connectivity index (χ2n) is 4.67. The first kappa shape index (κ1) is 12.4. The molecule has 0 atom stereocenters. The van der Waals surface area contributed by atoms with Crippen LogP contribution in [-0.4, -0.2) is 18.1 Å². The number of aromatic amines is 1. The summed E-state index contributed by atoms with van der Waals surface area (Å²) in [6.07, 6.45) is 0.